The number of ether oxygens (including phenoxy) is 1. The van der Waals surface area contributed by atoms with E-state index in [2.05, 4.69) is 4.98 Å². The second-order valence-electron chi connectivity index (χ2n) is 4.64. The second kappa shape index (κ2) is 6.84. The molecule has 2 rings (SSSR count). The SMILES string of the molecule is N#Cc1cc(Oc2c(C(F)(F)C(F)F)nc[nH]c2=O)cc(C(F)F)c1. The van der Waals surface area contributed by atoms with Gasteiger partial charge in [0, 0.05) is 5.56 Å². The van der Waals surface area contributed by atoms with Crippen LogP contribution in [0.1, 0.15) is 23.2 Å². The zero-order chi connectivity index (χ0) is 18.8. The molecule has 11 heteroatoms. The predicted octanol–water partition coefficient (Wildman–Crippen LogP) is 3.73. The van der Waals surface area contributed by atoms with Gasteiger partial charge >= 0.3 is 12.3 Å². The standard InChI is InChI=1S/C14H7F6N3O2/c15-11(16)7-1-6(4-21)2-8(3-7)25-9-10(14(19,20)13(17)18)22-5-23-12(9)24/h1-3,5,11,13H,(H,22,23,24). The first-order valence-corrected chi connectivity index (χ1v) is 6.42. The summed E-state index contributed by atoms with van der Waals surface area (Å²) in [7, 11) is 0. The maximum absolute atomic E-state index is 13.6. The number of hydrogen-bond donors (Lipinski definition) is 1. The van der Waals surface area contributed by atoms with Crippen molar-refractivity contribution in [2.45, 2.75) is 18.8 Å². The Labute approximate surface area is 135 Å². The molecule has 5 nitrogen and oxygen atoms in total. The molecule has 1 heterocycles. The van der Waals surface area contributed by atoms with Crippen molar-refractivity contribution in [1.29, 1.82) is 5.26 Å². The first kappa shape index (κ1) is 18.3. The molecule has 1 N–H and O–H groups in total. The van der Waals surface area contributed by atoms with Gasteiger partial charge in [0.1, 0.15) is 5.75 Å². The van der Waals surface area contributed by atoms with Gasteiger partial charge in [-0.05, 0) is 18.2 Å². The number of halogens is 6. The fraction of sp³-hybridized carbons (Fsp3) is 0.214. The van der Waals surface area contributed by atoms with Crippen molar-refractivity contribution in [3.8, 4) is 17.6 Å². The van der Waals surface area contributed by atoms with E-state index in [1.807, 2.05) is 4.98 Å². The summed E-state index contributed by atoms with van der Waals surface area (Å²) in [6.45, 7) is 0. The molecule has 0 radical (unpaired) electrons. The van der Waals surface area contributed by atoms with E-state index in [-0.39, 0.29) is 5.56 Å². The summed E-state index contributed by atoms with van der Waals surface area (Å²) in [5, 5.41) is 8.80. The van der Waals surface area contributed by atoms with Crippen molar-refractivity contribution in [2.24, 2.45) is 0 Å². The van der Waals surface area contributed by atoms with Crippen LogP contribution in [0.5, 0.6) is 11.5 Å². The molecule has 0 bridgehead atoms. The molecular weight excluding hydrogens is 356 g/mol. The minimum absolute atomic E-state index is 0.310. The molecule has 0 aliphatic heterocycles. The molecule has 0 atom stereocenters. The summed E-state index contributed by atoms with van der Waals surface area (Å²) in [4.78, 5) is 16.5. The highest BCUT2D eigenvalue weighted by atomic mass is 19.3. The van der Waals surface area contributed by atoms with Crippen LogP contribution in [-0.4, -0.2) is 16.4 Å². The summed E-state index contributed by atoms with van der Waals surface area (Å²) >= 11 is 0. The molecule has 1 aromatic heterocycles. The third-order valence-corrected chi connectivity index (χ3v) is 2.93. The highest BCUT2D eigenvalue weighted by molar-refractivity contribution is 5.43. The smallest absolute Gasteiger partial charge is 0.352 e. The van der Waals surface area contributed by atoms with Crippen LogP contribution in [0.4, 0.5) is 26.3 Å². The highest BCUT2D eigenvalue weighted by Crippen LogP contribution is 2.38. The molecule has 1 aromatic carbocycles. The Balaban J connectivity index is 2.57. The lowest BCUT2D eigenvalue weighted by atomic mass is 10.1. The monoisotopic (exact) mass is 363 g/mol. The molecule has 25 heavy (non-hydrogen) atoms. The number of rotatable bonds is 5. The summed E-state index contributed by atoms with van der Waals surface area (Å²) in [5.74, 6) is -6.69. The molecule has 0 aliphatic carbocycles. The molecule has 132 valence electrons. The number of nitrogens with zero attached hydrogens (tertiary/aromatic N) is 2. The van der Waals surface area contributed by atoms with E-state index in [0.29, 0.717) is 12.4 Å². The molecule has 0 amide bonds. The Morgan fingerprint density at radius 2 is 1.88 bits per heavy atom. The van der Waals surface area contributed by atoms with Gasteiger partial charge in [0.05, 0.1) is 18.0 Å². The lowest BCUT2D eigenvalue weighted by Gasteiger charge is -2.17. The number of nitriles is 1. The normalized spacial score (nSPS) is 11.6. The number of alkyl halides is 6. The van der Waals surface area contributed by atoms with E-state index in [4.69, 9.17) is 10.00 Å². The van der Waals surface area contributed by atoms with Crippen LogP contribution in [-0.2, 0) is 5.92 Å². The van der Waals surface area contributed by atoms with Crippen molar-refractivity contribution in [1.82, 2.24) is 9.97 Å². The fourth-order valence-electron chi connectivity index (χ4n) is 1.81. The van der Waals surface area contributed by atoms with Gasteiger partial charge in [0.15, 0.2) is 5.69 Å². The van der Waals surface area contributed by atoms with E-state index >= 15 is 0 Å². The Morgan fingerprint density at radius 1 is 1.20 bits per heavy atom. The largest absolute Gasteiger partial charge is 0.449 e. The van der Waals surface area contributed by atoms with Crippen molar-refractivity contribution >= 4 is 0 Å². The first-order valence-electron chi connectivity index (χ1n) is 6.42. The Hall–Kier alpha value is -3.03. The summed E-state index contributed by atoms with van der Waals surface area (Å²) < 4.78 is 82.6. The fourth-order valence-corrected chi connectivity index (χ4v) is 1.81. The zero-order valence-electron chi connectivity index (χ0n) is 11.9. The third-order valence-electron chi connectivity index (χ3n) is 2.93. The molecule has 0 aliphatic rings. The first-order chi connectivity index (χ1) is 11.7. The van der Waals surface area contributed by atoms with Gasteiger partial charge in [-0.2, -0.15) is 14.0 Å². The lowest BCUT2D eigenvalue weighted by molar-refractivity contribution is -0.139. The summed E-state index contributed by atoms with van der Waals surface area (Å²) in [6, 6.07) is 3.92. The van der Waals surface area contributed by atoms with Crippen LogP contribution in [0.3, 0.4) is 0 Å². The van der Waals surface area contributed by atoms with Gasteiger partial charge in [-0.15, -0.1) is 0 Å². The van der Waals surface area contributed by atoms with Crippen molar-refractivity contribution < 1.29 is 31.1 Å². The lowest BCUT2D eigenvalue weighted by Crippen LogP contribution is -2.28. The molecule has 0 saturated heterocycles. The van der Waals surface area contributed by atoms with E-state index in [0.717, 1.165) is 12.1 Å². The molecule has 2 aromatic rings. The van der Waals surface area contributed by atoms with Crippen molar-refractivity contribution in [3.63, 3.8) is 0 Å². The average molecular weight is 363 g/mol. The van der Waals surface area contributed by atoms with Gasteiger partial charge in [-0.3, -0.25) is 4.79 Å². The topological polar surface area (TPSA) is 78.8 Å². The number of nitrogens with one attached hydrogen (secondary N) is 1. The van der Waals surface area contributed by atoms with Crippen molar-refractivity contribution in [3.05, 3.63) is 51.7 Å². The Bertz CT molecular complexity index is 876. The van der Waals surface area contributed by atoms with Gasteiger partial charge in [0.2, 0.25) is 5.75 Å². The molecular formula is C14H7F6N3O2. The van der Waals surface area contributed by atoms with E-state index in [1.165, 1.54) is 0 Å². The van der Waals surface area contributed by atoms with Crippen LogP contribution < -0.4 is 10.3 Å². The number of benzene rings is 1. The molecule has 0 spiro atoms. The number of aromatic nitrogens is 2. The zero-order valence-corrected chi connectivity index (χ0v) is 11.9. The maximum atomic E-state index is 13.6. The minimum Gasteiger partial charge on any atom is -0.449 e. The number of hydrogen-bond acceptors (Lipinski definition) is 4. The van der Waals surface area contributed by atoms with Gasteiger partial charge in [-0.25, -0.2) is 22.5 Å². The third kappa shape index (κ3) is 3.73. The molecule has 0 unspecified atom stereocenters. The summed E-state index contributed by atoms with van der Waals surface area (Å²) in [5.41, 5.74) is -3.98. The average Bonchev–Trinajstić information content (AvgIpc) is 2.55. The van der Waals surface area contributed by atoms with E-state index in [1.54, 1.807) is 6.07 Å². The number of H-pyrrole nitrogens is 1. The van der Waals surface area contributed by atoms with E-state index < -0.39 is 47.1 Å². The van der Waals surface area contributed by atoms with Crippen LogP contribution in [0.25, 0.3) is 0 Å². The molecule has 0 saturated carbocycles. The highest BCUT2D eigenvalue weighted by Gasteiger charge is 2.47. The van der Waals surface area contributed by atoms with Gasteiger partial charge in [0.25, 0.3) is 12.0 Å². The predicted molar refractivity (Wildman–Crippen MR) is 70.9 cm³/mol. The Morgan fingerprint density at radius 3 is 2.44 bits per heavy atom. The maximum Gasteiger partial charge on any atom is 0.352 e. The van der Waals surface area contributed by atoms with Crippen LogP contribution in [0.15, 0.2) is 29.3 Å². The Kier molecular flexibility index (Phi) is 5.01. The van der Waals surface area contributed by atoms with Crippen LogP contribution in [0, 0.1) is 11.3 Å². The van der Waals surface area contributed by atoms with Crippen LogP contribution in [0.2, 0.25) is 0 Å². The molecule has 0 fully saturated rings. The minimum atomic E-state index is -4.82. The van der Waals surface area contributed by atoms with Crippen molar-refractivity contribution in [2.75, 3.05) is 0 Å². The summed E-state index contributed by atoms with van der Waals surface area (Å²) in [6.07, 6.45) is -6.74. The number of aromatic amines is 1. The second-order valence-corrected chi connectivity index (χ2v) is 4.64. The van der Waals surface area contributed by atoms with E-state index in [9.17, 15) is 31.1 Å². The quantitative estimate of drug-likeness (QED) is 0.821. The van der Waals surface area contributed by atoms with Gasteiger partial charge < -0.3 is 9.72 Å². The van der Waals surface area contributed by atoms with Gasteiger partial charge in [-0.1, -0.05) is 0 Å². The van der Waals surface area contributed by atoms with Crippen LogP contribution >= 0.6 is 0 Å².